The van der Waals surface area contributed by atoms with Gasteiger partial charge in [-0.15, -0.1) is 0 Å². The molecule has 1 aliphatic carbocycles. The lowest BCUT2D eigenvalue weighted by molar-refractivity contribution is 0.0919. The van der Waals surface area contributed by atoms with Crippen molar-refractivity contribution >= 4 is 15.9 Å². The first kappa shape index (κ1) is 18.7. The minimum absolute atomic E-state index is 0.00143. The summed E-state index contributed by atoms with van der Waals surface area (Å²) in [6.07, 6.45) is 3.73. The van der Waals surface area contributed by atoms with Gasteiger partial charge < -0.3 is 10.1 Å². The highest BCUT2D eigenvalue weighted by Crippen LogP contribution is 2.27. The van der Waals surface area contributed by atoms with E-state index < -0.39 is 15.6 Å². The smallest absolute Gasteiger partial charge is 0.251 e. The predicted octanol–water partition coefficient (Wildman–Crippen LogP) is 2.44. The normalized spacial score (nSPS) is 16.2. The Bertz CT molecular complexity index is 702. The van der Waals surface area contributed by atoms with Crippen molar-refractivity contribution in [1.82, 2.24) is 10.0 Å². The zero-order chi connectivity index (χ0) is 18.0. The molecule has 6 nitrogen and oxygen atoms in total. The number of sulfonamides is 1. The first-order chi connectivity index (χ1) is 11.1. The van der Waals surface area contributed by atoms with Crippen LogP contribution in [0.1, 0.15) is 56.8 Å². The van der Waals surface area contributed by atoms with E-state index in [4.69, 9.17) is 4.74 Å². The minimum atomic E-state index is -3.74. The van der Waals surface area contributed by atoms with Gasteiger partial charge >= 0.3 is 0 Å². The van der Waals surface area contributed by atoms with Crippen molar-refractivity contribution in [3.8, 4) is 5.75 Å². The van der Waals surface area contributed by atoms with E-state index >= 15 is 0 Å². The molecule has 134 valence electrons. The molecule has 0 atom stereocenters. The average molecular weight is 354 g/mol. The van der Waals surface area contributed by atoms with Crippen LogP contribution in [0.2, 0.25) is 0 Å². The standard InChI is InChI=1S/C17H26N2O4S/c1-17(2,3)18-16(20)12-9-10-14(23-4)15(11-12)24(21,22)19-13-7-5-6-8-13/h9-11,13,19H,5-8H2,1-4H3,(H,18,20). The van der Waals surface area contributed by atoms with Gasteiger partial charge in [0.15, 0.2) is 0 Å². The molecule has 1 aromatic carbocycles. The fraction of sp³-hybridized carbons (Fsp3) is 0.588. The van der Waals surface area contributed by atoms with Gasteiger partial charge in [0.1, 0.15) is 10.6 Å². The molecule has 1 saturated carbocycles. The van der Waals surface area contributed by atoms with Crippen molar-refractivity contribution in [2.45, 2.75) is 62.9 Å². The molecule has 1 aromatic rings. The maximum absolute atomic E-state index is 12.7. The van der Waals surface area contributed by atoms with Crippen molar-refractivity contribution < 1.29 is 17.9 Å². The Kier molecular flexibility index (Phi) is 5.55. The van der Waals surface area contributed by atoms with Crippen LogP contribution in [0, 0.1) is 0 Å². The van der Waals surface area contributed by atoms with Gasteiger partial charge in [-0.05, 0) is 51.8 Å². The van der Waals surface area contributed by atoms with Crippen molar-refractivity contribution in [2.75, 3.05) is 7.11 Å². The number of hydrogen-bond acceptors (Lipinski definition) is 4. The molecular formula is C17H26N2O4S. The third-order valence-corrected chi connectivity index (χ3v) is 5.42. The van der Waals surface area contributed by atoms with Gasteiger partial charge in [-0.1, -0.05) is 12.8 Å². The monoisotopic (exact) mass is 354 g/mol. The van der Waals surface area contributed by atoms with Crippen molar-refractivity contribution in [1.29, 1.82) is 0 Å². The van der Waals surface area contributed by atoms with Gasteiger partial charge in [0, 0.05) is 17.1 Å². The summed E-state index contributed by atoms with van der Waals surface area (Å²) in [5, 5.41) is 2.83. The molecule has 2 rings (SSSR count). The fourth-order valence-corrected chi connectivity index (χ4v) is 4.27. The molecule has 24 heavy (non-hydrogen) atoms. The zero-order valence-corrected chi connectivity index (χ0v) is 15.5. The van der Waals surface area contributed by atoms with Gasteiger partial charge in [0.2, 0.25) is 10.0 Å². The third-order valence-electron chi connectivity index (χ3n) is 3.88. The molecule has 7 heteroatoms. The second-order valence-corrected chi connectivity index (χ2v) is 8.85. The van der Waals surface area contributed by atoms with E-state index in [1.807, 2.05) is 20.8 Å². The maximum atomic E-state index is 12.7. The number of hydrogen-bond donors (Lipinski definition) is 2. The van der Waals surface area contributed by atoms with E-state index in [1.54, 1.807) is 6.07 Å². The van der Waals surface area contributed by atoms with Crippen LogP contribution in [0.5, 0.6) is 5.75 Å². The second-order valence-electron chi connectivity index (χ2n) is 7.17. The quantitative estimate of drug-likeness (QED) is 0.850. The minimum Gasteiger partial charge on any atom is -0.495 e. The number of benzene rings is 1. The molecule has 0 aromatic heterocycles. The summed E-state index contributed by atoms with van der Waals surface area (Å²) in [5.74, 6) is -0.0877. The molecule has 0 heterocycles. The Hall–Kier alpha value is -1.60. The summed E-state index contributed by atoms with van der Waals surface area (Å²) in [6, 6.07) is 4.40. The van der Waals surface area contributed by atoms with Gasteiger partial charge in [0.05, 0.1) is 7.11 Å². The van der Waals surface area contributed by atoms with Gasteiger partial charge in [-0.25, -0.2) is 13.1 Å². The average Bonchev–Trinajstić information content (AvgIpc) is 2.97. The molecular weight excluding hydrogens is 328 g/mol. The van der Waals surface area contributed by atoms with Crippen LogP contribution in [0.3, 0.4) is 0 Å². The molecule has 2 N–H and O–H groups in total. The molecule has 0 saturated heterocycles. The zero-order valence-electron chi connectivity index (χ0n) is 14.7. The first-order valence-corrected chi connectivity index (χ1v) is 9.63. The molecule has 0 radical (unpaired) electrons. The molecule has 0 spiro atoms. The summed E-state index contributed by atoms with van der Waals surface area (Å²) in [6.45, 7) is 5.61. The van der Waals surface area contributed by atoms with Crippen LogP contribution >= 0.6 is 0 Å². The van der Waals surface area contributed by atoms with Crippen molar-refractivity contribution in [3.63, 3.8) is 0 Å². The Morgan fingerprint density at radius 1 is 1.21 bits per heavy atom. The first-order valence-electron chi connectivity index (χ1n) is 8.15. The van der Waals surface area contributed by atoms with E-state index in [-0.39, 0.29) is 28.2 Å². The largest absolute Gasteiger partial charge is 0.495 e. The van der Waals surface area contributed by atoms with Crippen molar-refractivity contribution in [3.05, 3.63) is 23.8 Å². The number of rotatable bonds is 5. The number of methoxy groups -OCH3 is 1. The highest BCUT2D eigenvalue weighted by Gasteiger charge is 2.27. The van der Waals surface area contributed by atoms with E-state index in [2.05, 4.69) is 10.0 Å². The lowest BCUT2D eigenvalue weighted by Crippen LogP contribution is -2.40. The van der Waals surface area contributed by atoms with Gasteiger partial charge in [-0.2, -0.15) is 0 Å². The van der Waals surface area contributed by atoms with E-state index in [9.17, 15) is 13.2 Å². The Morgan fingerprint density at radius 3 is 2.38 bits per heavy atom. The Morgan fingerprint density at radius 2 is 1.83 bits per heavy atom. The van der Waals surface area contributed by atoms with Crippen LogP contribution in [-0.4, -0.2) is 33.0 Å². The lowest BCUT2D eigenvalue weighted by atomic mass is 10.1. The van der Waals surface area contributed by atoms with Crippen molar-refractivity contribution in [2.24, 2.45) is 0 Å². The number of carbonyl (C=O) groups excluding carboxylic acids is 1. The number of nitrogens with one attached hydrogen (secondary N) is 2. The molecule has 1 fully saturated rings. The van der Waals surface area contributed by atoms with Crippen LogP contribution in [0.4, 0.5) is 0 Å². The highest BCUT2D eigenvalue weighted by molar-refractivity contribution is 7.89. The SMILES string of the molecule is COc1ccc(C(=O)NC(C)(C)C)cc1S(=O)(=O)NC1CCCC1. The molecule has 1 aliphatic rings. The summed E-state index contributed by atoms with van der Waals surface area (Å²) in [7, 11) is -2.33. The number of amides is 1. The van der Waals surface area contributed by atoms with E-state index in [0.717, 1.165) is 25.7 Å². The molecule has 0 unspecified atom stereocenters. The molecule has 0 bridgehead atoms. The second kappa shape index (κ2) is 7.11. The van der Waals surface area contributed by atoms with E-state index in [0.29, 0.717) is 0 Å². The van der Waals surface area contributed by atoms with Crippen LogP contribution in [0.25, 0.3) is 0 Å². The van der Waals surface area contributed by atoms with E-state index in [1.165, 1.54) is 19.2 Å². The highest BCUT2D eigenvalue weighted by atomic mass is 32.2. The lowest BCUT2D eigenvalue weighted by Gasteiger charge is -2.21. The predicted molar refractivity (Wildman–Crippen MR) is 92.8 cm³/mol. The van der Waals surface area contributed by atoms with Crippen LogP contribution < -0.4 is 14.8 Å². The summed E-state index contributed by atoms with van der Waals surface area (Å²) in [5.41, 5.74) is -0.115. The fourth-order valence-electron chi connectivity index (χ4n) is 2.77. The summed E-state index contributed by atoms with van der Waals surface area (Å²) < 4.78 is 33.3. The Balaban J connectivity index is 2.33. The van der Waals surface area contributed by atoms with Crippen LogP contribution in [0.15, 0.2) is 23.1 Å². The van der Waals surface area contributed by atoms with Gasteiger partial charge in [0.25, 0.3) is 5.91 Å². The number of ether oxygens (including phenoxy) is 1. The van der Waals surface area contributed by atoms with Crippen LogP contribution in [-0.2, 0) is 10.0 Å². The molecule has 0 aliphatic heterocycles. The third kappa shape index (κ3) is 4.70. The summed E-state index contributed by atoms with van der Waals surface area (Å²) in [4.78, 5) is 12.3. The maximum Gasteiger partial charge on any atom is 0.251 e. The number of carbonyl (C=O) groups is 1. The Labute approximate surface area is 144 Å². The van der Waals surface area contributed by atoms with Gasteiger partial charge in [-0.3, -0.25) is 4.79 Å². The molecule has 1 amide bonds. The topological polar surface area (TPSA) is 84.5 Å². The summed E-state index contributed by atoms with van der Waals surface area (Å²) >= 11 is 0.